The average molecular weight is 759 g/mol. The molecule has 0 unspecified atom stereocenters. The number of nitrogens with zero attached hydrogens (tertiary/aromatic N) is 4. The lowest BCUT2D eigenvalue weighted by Crippen LogP contribution is -2.15. The van der Waals surface area contributed by atoms with Crippen molar-refractivity contribution >= 4 is 43.8 Å². The van der Waals surface area contributed by atoms with E-state index >= 15 is 0 Å². The number of furan rings is 1. The van der Waals surface area contributed by atoms with Crippen molar-refractivity contribution in [3.8, 4) is 67.9 Å². The Labute approximate surface area is 339 Å². The van der Waals surface area contributed by atoms with E-state index in [0.29, 0.717) is 28.9 Å². The van der Waals surface area contributed by atoms with Crippen LogP contribution >= 0.6 is 0 Å². The second-order valence-corrected chi connectivity index (χ2v) is 15.8. The number of oxazole rings is 1. The normalized spacial score (nSPS) is 13.1. The Morgan fingerprint density at radius 2 is 1.00 bits per heavy atom. The summed E-state index contributed by atoms with van der Waals surface area (Å²) in [5, 5.41) is 3.93. The van der Waals surface area contributed by atoms with E-state index in [1.165, 1.54) is 22.3 Å². The largest absolute Gasteiger partial charge is 0.456 e. The minimum atomic E-state index is -0.168. The van der Waals surface area contributed by atoms with Gasteiger partial charge in [0.15, 0.2) is 23.1 Å². The van der Waals surface area contributed by atoms with Crippen LogP contribution in [-0.2, 0) is 5.41 Å². The van der Waals surface area contributed by atoms with Gasteiger partial charge in [0.2, 0.25) is 5.89 Å². The van der Waals surface area contributed by atoms with E-state index < -0.39 is 0 Å². The molecule has 3 aromatic heterocycles. The molecule has 1 aliphatic rings. The first-order chi connectivity index (χ1) is 29.0. The van der Waals surface area contributed by atoms with Crippen molar-refractivity contribution in [1.82, 2.24) is 19.9 Å². The number of benzene rings is 8. The van der Waals surface area contributed by atoms with E-state index in [1.807, 2.05) is 54.6 Å². The number of hydrogen-bond acceptors (Lipinski definition) is 6. The smallest absolute Gasteiger partial charge is 0.227 e. The number of aromatic nitrogens is 4. The molecule has 1 aliphatic carbocycles. The van der Waals surface area contributed by atoms with Gasteiger partial charge in [0, 0.05) is 33.1 Å². The van der Waals surface area contributed by atoms with Crippen LogP contribution in [-0.4, -0.2) is 19.9 Å². The second-order valence-electron chi connectivity index (χ2n) is 15.8. The van der Waals surface area contributed by atoms with Gasteiger partial charge in [-0.1, -0.05) is 135 Å². The van der Waals surface area contributed by atoms with Gasteiger partial charge >= 0.3 is 0 Å². The Hall–Kier alpha value is -7.70. The molecule has 0 radical (unpaired) electrons. The van der Waals surface area contributed by atoms with Crippen molar-refractivity contribution in [3.63, 3.8) is 0 Å². The zero-order valence-electron chi connectivity index (χ0n) is 32.3. The minimum absolute atomic E-state index is 0.168. The highest BCUT2D eigenvalue weighted by molar-refractivity contribution is 6.25. The molecule has 0 bridgehead atoms. The molecule has 6 nitrogen and oxygen atoms in total. The van der Waals surface area contributed by atoms with Crippen molar-refractivity contribution in [2.75, 3.05) is 0 Å². The van der Waals surface area contributed by atoms with Crippen molar-refractivity contribution in [1.29, 1.82) is 0 Å². The summed E-state index contributed by atoms with van der Waals surface area (Å²) in [5.41, 5.74) is 13.8. The van der Waals surface area contributed by atoms with Gasteiger partial charge in [0.05, 0.1) is 5.39 Å². The molecule has 11 aromatic rings. The van der Waals surface area contributed by atoms with Gasteiger partial charge in [-0.25, -0.2) is 19.9 Å². The Morgan fingerprint density at radius 3 is 1.80 bits per heavy atom. The van der Waals surface area contributed by atoms with E-state index in [-0.39, 0.29) is 5.41 Å². The SMILES string of the molecule is CC1(C)c2ccccc2-c2ccc(-c3nc(-c4cccc(-c5ccccc5)c4)nc(-c4ccc5ccc6oc7ccc8nc(-c9ccccc9)oc8c7c6c5c4)n3)cc21. The van der Waals surface area contributed by atoms with Gasteiger partial charge in [-0.05, 0) is 92.7 Å². The van der Waals surface area contributed by atoms with Gasteiger partial charge in [-0.2, -0.15) is 0 Å². The van der Waals surface area contributed by atoms with E-state index in [0.717, 1.165) is 71.6 Å². The van der Waals surface area contributed by atoms with Crippen LogP contribution in [0.15, 0.2) is 179 Å². The van der Waals surface area contributed by atoms with Crippen LogP contribution in [0.2, 0.25) is 0 Å². The van der Waals surface area contributed by atoms with E-state index in [2.05, 4.69) is 129 Å². The second kappa shape index (κ2) is 12.7. The fraction of sp³-hybridized carbons (Fsp3) is 0.0566. The highest BCUT2D eigenvalue weighted by Crippen LogP contribution is 2.49. The van der Waals surface area contributed by atoms with Gasteiger partial charge < -0.3 is 8.83 Å². The fourth-order valence-electron chi connectivity index (χ4n) is 8.98. The van der Waals surface area contributed by atoms with Gasteiger partial charge in [0.25, 0.3) is 0 Å². The molecule has 0 amide bonds. The molecule has 59 heavy (non-hydrogen) atoms. The lowest BCUT2D eigenvalue weighted by Gasteiger charge is -2.21. The fourth-order valence-corrected chi connectivity index (χ4v) is 8.98. The Bertz CT molecular complexity index is 3470. The highest BCUT2D eigenvalue weighted by Gasteiger charge is 2.35. The van der Waals surface area contributed by atoms with Crippen molar-refractivity contribution in [2.24, 2.45) is 0 Å². The van der Waals surface area contributed by atoms with Crippen LogP contribution in [0.3, 0.4) is 0 Å². The number of fused-ring (bicyclic) bond motifs is 10. The van der Waals surface area contributed by atoms with Gasteiger partial charge in [-0.15, -0.1) is 0 Å². The predicted molar refractivity (Wildman–Crippen MR) is 237 cm³/mol. The van der Waals surface area contributed by atoms with Gasteiger partial charge in [-0.3, -0.25) is 0 Å². The quantitative estimate of drug-likeness (QED) is 0.174. The molecule has 0 fully saturated rings. The molecule has 278 valence electrons. The maximum atomic E-state index is 6.53. The molecular formula is C53H34N4O2. The minimum Gasteiger partial charge on any atom is -0.456 e. The molecule has 0 saturated heterocycles. The van der Waals surface area contributed by atoms with Crippen molar-refractivity contribution in [3.05, 3.63) is 181 Å². The summed E-state index contributed by atoms with van der Waals surface area (Å²) in [5.74, 6) is 2.38. The van der Waals surface area contributed by atoms with Crippen LogP contribution in [0.4, 0.5) is 0 Å². The zero-order chi connectivity index (χ0) is 39.2. The molecule has 12 rings (SSSR count). The van der Waals surface area contributed by atoms with E-state index in [1.54, 1.807) is 0 Å². The Balaban J connectivity index is 1.06. The van der Waals surface area contributed by atoms with Crippen molar-refractivity contribution < 1.29 is 8.83 Å². The Kier molecular flexibility index (Phi) is 7.17. The Morgan fingerprint density at radius 1 is 0.407 bits per heavy atom. The number of hydrogen-bond donors (Lipinski definition) is 0. The predicted octanol–water partition coefficient (Wildman–Crippen LogP) is 13.7. The first-order valence-electron chi connectivity index (χ1n) is 19.9. The molecule has 8 aromatic carbocycles. The highest BCUT2D eigenvalue weighted by atomic mass is 16.4. The van der Waals surface area contributed by atoms with Crippen LogP contribution in [0.5, 0.6) is 0 Å². The summed E-state index contributed by atoms with van der Waals surface area (Å²) in [6.07, 6.45) is 0. The zero-order valence-corrected chi connectivity index (χ0v) is 32.3. The summed E-state index contributed by atoms with van der Waals surface area (Å²) in [6.45, 7) is 4.59. The molecule has 6 heteroatoms. The topological polar surface area (TPSA) is 77.8 Å². The molecular weight excluding hydrogens is 725 g/mol. The summed E-state index contributed by atoms with van der Waals surface area (Å²) >= 11 is 0. The third-order valence-electron chi connectivity index (χ3n) is 12.0. The molecule has 3 heterocycles. The third-order valence-corrected chi connectivity index (χ3v) is 12.0. The van der Waals surface area contributed by atoms with Crippen LogP contribution in [0.1, 0.15) is 25.0 Å². The first kappa shape index (κ1) is 33.4. The third kappa shape index (κ3) is 5.26. The molecule has 0 aliphatic heterocycles. The van der Waals surface area contributed by atoms with Crippen LogP contribution in [0, 0.1) is 0 Å². The first-order valence-corrected chi connectivity index (χ1v) is 19.9. The van der Waals surface area contributed by atoms with Crippen LogP contribution < -0.4 is 0 Å². The molecule has 0 N–H and O–H groups in total. The average Bonchev–Trinajstić information content (AvgIpc) is 3.97. The maximum absolute atomic E-state index is 6.53. The summed E-state index contributed by atoms with van der Waals surface area (Å²) in [4.78, 5) is 20.5. The van der Waals surface area contributed by atoms with Crippen LogP contribution in [0.25, 0.3) is 112 Å². The summed E-state index contributed by atoms with van der Waals surface area (Å²) < 4.78 is 13.0. The van der Waals surface area contributed by atoms with Gasteiger partial charge in [0.1, 0.15) is 16.7 Å². The lowest BCUT2D eigenvalue weighted by molar-refractivity contribution is 0.622. The lowest BCUT2D eigenvalue weighted by atomic mass is 9.82. The molecule has 0 saturated carbocycles. The van der Waals surface area contributed by atoms with E-state index in [4.69, 9.17) is 28.8 Å². The van der Waals surface area contributed by atoms with Crippen molar-refractivity contribution in [2.45, 2.75) is 19.3 Å². The maximum Gasteiger partial charge on any atom is 0.227 e. The monoisotopic (exact) mass is 758 g/mol. The summed E-state index contributed by atoms with van der Waals surface area (Å²) in [6, 6.07) is 58.6. The standard InChI is InChI=1S/C53H34N4O2/c1-53(2)41-19-10-9-18-38(41)39-24-22-37(30-42(39)53)51-56-49(35-17-11-16-34(28-35)31-12-5-3-6-13-31)55-50(57-51)36-21-20-32-23-26-44-46(40(32)29-36)47-45(58-44)27-25-43-48(47)59-52(54-43)33-14-7-4-8-15-33/h3-30H,1-2H3. The molecule has 0 spiro atoms. The molecule has 0 atom stereocenters. The van der Waals surface area contributed by atoms with E-state index in [9.17, 15) is 0 Å². The summed E-state index contributed by atoms with van der Waals surface area (Å²) in [7, 11) is 0. The number of rotatable bonds is 5.